The molecule has 2 aromatic rings. The summed E-state index contributed by atoms with van der Waals surface area (Å²) in [5.74, 6) is -0.328. The van der Waals surface area contributed by atoms with Crippen LogP contribution in [0.15, 0.2) is 12.7 Å². The number of nitrogen functional groups attached to an aromatic ring is 1. The SMILES string of the molecule is Nc1ncnc2c1ncn2[C@]1([C@H]2CCCC[C@H]2O)O[C@H](CO)[C@@H](O)[C@H]1O. The average molecular weight is 365 g/mol. The van der Waals surface area contributed by atoms with Gasteiger partial charge in [0.05, 0.1) is 19.0 Å². The van der Waals surface area contributed by atoms with Crippen molar-refractivity contribution in [1.29, 1.82) is 0 Å². The standard InChI is InChI=1S/C16H23N5O5/c17-14-11-15(19-6-18-14)21(7-20-11)16(8-3-1-2-4-9(8)23)13(25)12(24)10(5-22)26-16/h6-10,12-13,22-25H,1-5H2,(H2,17,18,19)/t8-,9+,10+,12+,13+,16+/m0/s1. The topological polar surface area (TPSA) is 160 Å². The number of hydrogen-bond donors (Lipinski definition) is 5. The number of rotatable bonds is 3. The highest BCUT2D eigenvalue weighted by Crippen LogP contribution is 2.48. The maximum Gasteiger partial charge on any atom is 0.181 e. The molecule has 1 saturated carbocycles. The van der Waals surface area contributed by atoms with E-state index in [0.29, 0.717) is 24.0 Å². The molecule has 10 heteroatoms. The van der Waals surface area contributed by atoms with E-state index < -0.39 is 42.7 Å². The number of aromatic nitrogens is 4. The maximum absolute atomic E-state index is 11.0. The molecule has 0 aromatic carbocycles. The molecule has 6 atom stereocenters. The number of imidazole rings is 1. The average Bonchev–Trinajstić information content (AvgIpc) is 3.18. The molecule has 0 radical (unpaired) electrons. The molecule has 3 heterocycles. The van der Waals surface area contributed by atoms with Gasteiger partial charge in [0.2, 0.25) is 0 Å². The summed E-state index contributed by atoms with van der Waals surface area (Å²) in [5, 5.41) is 41.6. The predicted octanol–water partition coefficient (Wildman–Crippen LogP) is -1.27. The number of fused-ring (bicyclic) bond motifs is 1. The molecule has 26 heavy (non-hydrogen) atoms. The fourth-order valence-corrected chi connectivity index (χ4v) is 4.36. The Labute approximate surface area is 149 Å². The van der Waals surface area contributed by atoms with E-state index in [1.165, 1.54) is 17.2 Å². The van der Waals surface area contributed by atoms with Crippen LogP contribution in [-0.4, -0.2) is 71.0 Å². The highest BCUT2D eigenvalue weighted by molar-refractivity contribution is 5.81. The van der Waals surface area contributed by atoms with Gasteiger partial charge >= 0.3 is 0 Å². The molecule has 0 bridgehead atoms. The third kappa shape index (κ3) is 2.33. The van der Waals surface area contributed by atoms with Crippen LogP contribution in [0.1, 0.15) is 25.7 Å². The summed E-state index contributed by atoms with van der Waals surface area (Å²) >= 11 is 0. The van der Waals surface area contributed by atoms with Gasteiger partial charge in [0.15, 0.2) is 17.2 Å². The second-order valence-corrected chi connectivity index (χ2v) is 7.03. The number of hydrogen-bond acceptors (Lipinski definition) is 9. The molecule has 142 valence electrons. The van der Waals surface area contributed by atoms with Crippen molar-refractivity contribution in [2.45, 2.75) is 55.8 Å². The first-order valence-electron chi connectivity index (χ1n) is 8.77. The summed E-state index contributed by atoms with van der Waals surface area (Å²) in [4.78, 5) is 12.4. The van der Waals surface area contributed by atoms with Crippen LogP contribution < -0.4 is 5.73 Å². The number of ether oxygens (including phenoxy) is 1. The molecule has 2 aliphatic rings. The van der Waals surface area contributed by atoms with E-state index in [-0.39, 0.29) is 5.82 Å². The number of anilines is 1. The van der Waals surface area contributed by atoms with Gasteiger partial charge in [-0.2, -0.15) is 0 Å². The minimum Gasteiger partial charge on any atom is -0.394 e. The van der Waals surface area contributed by atoms with Gasteiger partial charge in [-0.15, -0.1) is 0 Å². The summed E-state index contributed by atoms with van der Waals surface area (Å²) < 4.78 is 7.55. The molecule has 10 nitrogen and oxygen atoms in total. The van der Waals surface area contributed by atoms with Gasteiger partial charge < -0.3 is 30.9 Å². The summed E-state index contributed by atoms with van der Waals surface area (Å²) in [7, 11) is 0. The van der Waals surface area contributed by atoms with Crippen molar-refractivity contribution in [1.82, 2.24) is 19.5 Å². The predicted molar refractivity (Wildman–Crippen MR) is 89.6 cm³/mol. The van der Waals surface area contributed by atoms with Gasteiger partial charge in [-0.25, -0.2) is 15.0 Å². The second-order valence-electron chi connectivity index (χ2n) is 7.03. The third-order valence-corrected chi connectivity index (χ3v) is 5.65. The first-order valence-corrected chi connectivity index (χ1v) is 8.77. The van der Waals surface area contributed by atoms with Gasteiger partial charge in [-0.1, -0.05) is 12.8 Å². The van der Waals surface area contributed by atoms with Crippen LogP contribution in [0.2, 0.25) is 0 Å². The quantitative estimate of drug-likeness (QED) is 0.446. The smallest absolute Gasteiger partial charge is 0.181 e. The van der Waals surface area contributed by atoms with Gasteiger partial charge in [0.1, 0.15) is 30.2 Å². The Morgan fingerprint density at radius 2 is 1.96 bits per heavy atom. The first-order chi connectivity index (χ1) is 12.5. The third-order valence-electron chi connectivity index (χ3n) is 5.65. The number of nitrogens with two attached hydrogens (primary N) is 1. The molecule has 1 aliphatic heterocycles. The van der Waals surface area contributed by atoms with E-state index in [1.54, 1.807) is 0 Å². The normalized spacial score (nSPS) is 38.1. The lowest BCUT2D eigenvalue weighted by Crippen LogP contribution is -2.55. The van der Waals surface area contributed by atoms with Crippen LogP contribution in [0.3, 0.4) is 0 Å². The highest BCUT2D eigenvalue weighted by Gasteiger charge is 2.61. The molecular weight excluding hydrogens is 342 g/mol. The van der Waals surface area contributed by atoms with Crippen molar-refractivity contribution in [2.75, 3.05) is 12.3 Å². The molecule has 4 rings (SSSR count). The van der Waals surface area contributed by atoms with Gasteiger partial charge in [-0.05, 0) is 12.8 Å². The minimum absolute atomic E-state index is 0.180. The van der Waals surface area contributed by atoms with Crippen molar-refractivity contribution in [3.05, 3.63) is 12.7 Å². The van der Waals surface area contributed by atoms with Crippen molar-refractivity contribution >= 4 is 17.0 Å². The van der Waals surface area contributed by atoms with E-state index in [4.69, 9.17) is 10.5 Å². The van der Waals surface area contributed by atoms with Crippen LogP contribution >= 0.6 is 0 Å². The summed E-state index contributed by atoms with van der Waals surface area (Å²) in [6, 6.07) is 0. The Balaban J connectivity index is 1.92. The number of aliphatic hydroxyl groups excluding tert-OH is 4. The summed E-state index contributed by atoms with van der Waals surface area (Å²) in [6.45, 7) is -0.466. The molecular formula is C16H23N5O5. The highest BCUT2D eigenvalue weighted by atomic mass is 16.6. The second kappa shape index (κ2) is 6.39. The molecule has 0 unspecified atom stereocenters. The maximum atomic E-state index is 11.0. The van der Waals surface area contributed by atoms with E-state index in [2.05, 4.69) is 15.0 Å². The Kier molecular flexibility index (Phi) is 4.32. The lowest BCUT2D eigenvalue weighted by atomic mass is 9.76. The van der Waals surface area contributed by atoms with Gasteiger partial charge in [0.25, 0.3) is 0 Å². The van der Waals surface area contributed by atoms with Crippen LogP contribution in [0.5, 0.6) is 0 Å². The van der Waals surface area contributed by atoms with Crippen molar-refractivity contribution < 1.29 is 25.2 Å². The van der Waals surface area contributed by atoms with Crippen molar-refractivity contribution in [3.63, 3.8) is 0 Å². The van der Waals surface area contributed by atoms with Crippen LogP contribution in [0, 0.1) is 5.92 Å². The van der Waals surface area contributed by atoms with Crippen LogP contribution in [0.25, 0.3) is 11.2 Å². The number of nitrogens with zero attached hydrogens (tertiary/aromatic N) is 4. The minimum atomic E-state index is -1.51. The Hall–Kier alpha value is -1.85. The van der Waals surface area contributed by atoms with Crippen LogP contribution in [-0.2, 0) is 10.5 Å². The fourth-order valence-electron chi connectivity index (χ4n) is 4.36. The monoisotopic (exact) mass is 365 g/mol. The molecule has 0 amide bonds. The van der Waals surface area contributed by atoms with E-state index in [1.807, 2.05) is 0 Å². The Morgan fingerprint density at radius 3 is 2.65 bits per heavy atom. The Bertz CT molecular complexity index is 800. The molecule has 2 fully saturated rings. The zero-order valence-corrected chi connectivity index (χ0v) is 14.1. The van der Waals surface area contributed by atoms with Crippen molar-refractivity contribution in [3.8, 4) is 0 Å². The molecule has 6 N–H and O–H groups in total. The van der Waals surface area contributed by atoms with Gasteiger partial charge in [-0.3, -0.25) is 4.57 Å². The zero-order valence-electron chi connectivity index (χ0n) is 14.1. The van der Waals surface area contributed by atoms with Gasteiger partial charge in [0, 0.05) is 5.92 Å². The Morgan fingerprint density at radius 1 is 1.19 bits per heavy atom. The molecule has 0 spiro atoms. The molecule has 1 saturated heterocycles. The fraction of sp³-hybridized carbons (Fsp3) is 0.688. The molecule has 2 aromatic heterocycles. The van der Waals surface area contributed by atoms with Crippen molar-refractivity contribution in [2.24, 2.45) is 5.92 Å². The van der Waals surface area contributed by atoms with E-state index in [0.717, 1.165) is 12.8 Å². The largest absolute Gasteiger partial charge is 0.394 e. The summed E-state index contributed by atoms with van der Waals surface area (Å²) in [6.07, 6.45) is 1.15. The first kappa shape index (κ1) is 17.6. The van der Waals surface area contributed by atoms with E-state index >= 15 is 0 Å². The van der Waals surface area contributed by atoms with E-state index in [9.17, 15) is 20.4 Å². The lowest BCUT2D eigenvalue weighted by molar-refractivity contribution is -0.209. The number of aliphatic hydroxyl groups is 4. The lowest BCUT2D eigenvalue weighted by Gasteiger charge is -2.44. The summed E-state index contributed by atoms with van der Waals surface area (Å²) in [5.41, 5.74) is 5.03. The zero-order chi connectivity index (χ0) is 18.5. The molecule has 1 aliphatic carbocycles. The van der Waals surface area contributed by atoms with Crippen LogP contribution in [0.4, 0.5) is 5.82 Å².